The summed E-state index contributed by atoms with van der Waals surface area (Å²) in [5, 5.41) is 11.5. The molecule has 26 heavy (non-hydrogen) atoms. The number of amides is 1. The number of carbonyl (C=O) groups is 2. The maximum atomic E-state index is 13.0. The van der Waals surface area contributed by atoms with Gasteiger partial charge in [0.1, 0.15) is 0 Å². The van der Waals surface area contributed by atoms with Crippen LogP contribution in [0.1, 0.15) is 20.7 Å². The minimum Gasteiger partial charge on any atom is -0.478 e. The van der Waals surface area contributed by atoms with E-state index in [0.717, 1.165) is 16.0 Å². The average Bonchev–Trinajstić information content (AvgIpc) is 3.13. The Bertz CT molecular complexity index is 1160. The minimum atomic E-state index is -1.10. The van der Waals surface area contributed by atoms with Crippen molar-refractivity contribution in [2.24, 2.45) is 5.84 Å². The Morgan fingerprint density at radius 2 is 1.77 bits per heavy atom. The van der Waals surface area contributed by atoms with E-state index in [2.05, 4.69) is 9.97 Å². The van der Waals surface area contributed by atoms with Crippen molar-refractivity contribution >= 4 is 39.4 Å². The number of H-pyrrole nitrogens is 1. The number of hydrogen-bond donors (Lipinski definition) is 3. The van der Waals surface area contributed by atoms with Crippen molar-refractivity contribution in [1.82, 2.24) is 9.97 Å². The van der Waals surface area contributed by atoms with Gasteiger partial charge in [-0.15, -0.1) is 0 Å². The molecule has 1 aromatic heterocycles. The summed E-state index contributed by atoms with van der Waals surface area (Å²) in [5.74, 6) is 4.45. The van der Waals surface area contributed by atoms with Crippen LogP contribution in [0.25, 0.3) is 21.8 Å². The highest BCUT2D eigenvalue weighted by atomic mass is 16.4. The molecule has 0 aliphatic rings. The Labute approximate surface area is 147 Å². The van der Waals surface area contributed by atoms with Crippen LogP contribution in [0.5, 0.6) is 0 Å². The van der Waals surface area contributed by atoms with Gasteiger partial charge < -0.3 is 10.1 Å². The molecular formula is C19H14N4O3. The van der Waals surface area contributed by atoms with E-state index < -0.39 is 11.9 Å². The number of nitrogens with zero attached hydrogens (tertiary/aromatic N) is 2. The number of hydrogen-bond acceptors (Lipinski definition) is 4. The first-order valence-electron chi connectivity index (χ1n) is 7.83. The molecule has 4 aromatic rings. The van der Waals surface area contributed by atoms with Gasteiger partial charge in [0.2, 0.25) is 0 Å². The quantitative estimate of drug-likeness (QED) is 0.300. The summed E-state index contributed by atoms with van der Waals surface area (Å²) in [6.45, 7) is 0. The predicted octanol–water partition coefficient (Wildman–Crippen LogP) is 2.93. The number of benzene rings is 3. The summed E-state index contributed by atoms with van der Waals surface area (Å²) in [6.07, 6.45) is 1.56. The molecule has 1 amide bonds. The molecule has 0 spiro atoms. The number of imidazole rings is 1. The maximum Gasteiger partial charge on any atom is 0.336 e. The van der Waals surface area contributed by atoms with E-state index in [1.807, 2.05) is 0 Å². The number of aromatic amines is 1. The molecule has 0 fully saturated rings. The fourth-order valence-corrected chi connectivity index (χ4v) is 3.02. The number of nitrogens with one attached hydrogen (secondary N) is 1. The van der Waals surface area contributed by atoms with E-state index in [0.29, 0.717) is 16.5 Å². The van der Waals surface area contributed by atoms with Crippen LogP contribution in [0.3, 0.4) is 0 Å². The Balaban J connectivity index is 1.84. The topological polar surface area (TPSA) is 112 Å². The Morgan fingerprint density at radius 1 is 1.04 bits per heavy atom. The minimum absolute atomic E-state index is 0.0591. The van der Waals surface area contributed by atoms with Crippen LogP contribution in [-0.2, 0) is 0 Å². The molecule has 4 N–H and O–H groups in total. The van der Waals surface area contributed by atoms with Crippen molar-refractivity contribution in [1.29, 1.82) is 0 Å². The largest absolute Gasteiger partial charge is 0.478 e. The summed E-state index contributed by atoms with van der Waals surface area (Å²) in [6, 6.07) is 15.1. The van der Waals surface area contributed by atoms with E-state index in [9.17, 15) is 14.7 Å². The van der Waals surface area contributed by atoms with Crippen LogP contribution in [0.2, 0.25) is 0 Å². The fraction of sp³-hybridized carbons (Fsp3) is 0. The number of carboxylic acid groups (broad SMARTS) is 1. The predicted molar refractivity (Wildman–Crippen MR) is 98.0 cm³/mol. The van der Waals surface area contributed by atoms with Gasteiger partial charge in [-0.3, -0.25) is 4.79 Å². The van der Waals surface area contributed by atoms with Crippen LogP contribution in [-0.4, -0.2) is 27.0 Å². The van der Waals surface area contributed by atoms with Crippen LogP contribution in [0.15, 0.2) is 60.9 Å². The second-order valence-corrected chi connectivity index (χ2v) is 5.79. The number of rotatable bonds is 3. The normalized spacial score (nSPS) is 11.0. The van der Waals surface area contributed by atoms with Crippen molar-refractivity contribution in [2.45, 2.75) is 0 Å². The number of aromatic carboxylic acids is 1. The number of carbonyl (C=O) groups excluding carboxylic acids is 1. The van der Waals surface area contributed by atoms with Gasteiger partial charge in [0.15, 0.2) is 0 Å². The van der Waals surface area contributed by atoms with Gasteiger partial charge in [0.05, 0.1) is 28.6 Å². The molecule has 0 aliphatic carbocycles. The molecule has 0 aliphatic heterocycles. The van der Waals surface area contributed by atoms with Crippen molar-refractivity contribution in [3.63, 3.8) is 0 Å². The zero-order valence-electron chi connectivity index (χ0n) is 13.5. The van der Waals surface area contributed by atoms with Gasteiger partial charge in [0.25, 0.3) is 5.91 Å². The molecule has 0 unspecified atom stereocenters. The second-order valence-electron chi connectivity index (χ2n) is 5.79. The summed E-state index contributed by atoms with van der Waals surface area (Å²) in [4.78, 5) is 31.7. The molecule has 7 heteroatoms. The third-order valence-corrected chi connectivity index (χ3v) is 4.27. The number of fused-ring (bicyclic) bond motifs is 2. The Kier molecular flexibility index (Phi) is 3.63. The molecule has 0 saturated carbocycles. The monoisotopic (exact) mass is 346 g/mol. The van der Waals surface area contributed by atoms with Crippen molar-refractivity contribution in [3.8, 4) is 0 Å². The Morgan fingerprint density at radius 3 is 2.50 bits per heavy atom. The molecule has 0 atom stereocenters. The standard InChI is InChI=1S/C19H14N4O3/c20-23(12-7-8-15-16(9-12)22-10-21-15)18(24)13-5-1-3-11-4-2-6-14(17(11)13)19(25)26/h1-10H,20H2,(H,21,22)(H,25,26). The number of anilines is 1. The molecule has 0 saturated heterocycles. The molecule has 128 valence electrons. The van der Waals surface area contributed by atoms with Crippen molar-refractivity contribution in [2.75, 3.05) is 5.01 Å². The lowest BCUT2D eigenvalue weighted by Gasteiger charge is -2.18. The molecule has 0 radical (unpaired) electrons. The van der Waals surface area contributed by atoms with E-state index in [1.54, 1.807) is 54.9 Å². The third-order valence-electron chi connectivity index (χ3n) is 4.27. The van der Waals surface area contributed by atoms with Gasteiger partial charge in [-0.25, -0.2) is 20.6 Å². The molecular weight excluding hydrogens is 332 g/mol. The molecule has 7 nitrogen and oxygen atoms in total. The van der Waals surface area contributed by atoms with Crippen molar-refractivity contribution < 1.29 is 14.7 Å². The SMILES string of the molecule is NN(C(=O)c1cccc2cccc(C(=O)O)c12)c1ccc2nc[nH]c2c1. The van der Waals surface area contributed by atoms with Crippen LogP contribution < -0.4 is 10.9 Å². The maximum absolute atomic E-state index is 13.0. The van der Waals surface area contributed by atoms with Gasteiger partial charge in [-0.1, -0.05) is 24.3 Å². The molecule has 3 aromatic carbocycles. The molecule has 1 heterocycles. The van der Waals surface area contributed by atoms with Gasteiger partial charge in [-0.05, 0) is 35.7 Å². The smallest absolute Gasteiger partial charge is 0.336 e. The van der Waals surface area contributed by atoms with E-state index in [1.165, 1.54) is 6.07 Å². The summed E-state index contributed by atoms with van der Waals surface area (Å²) in [7, 11) is 0. The first-order valence-corrected chi connectivity index (χ1v) is 7.83. The number of aromatic nitrogens is 2. The number of hydrazine groups is 1. The second kappa shape index (κ2) is 5.98. The molecule has 4 rings (SSSR count). The van der Waals surface area contributed by atoms with Crippen molar-refractivity contribution in [3.05, 3.63) is 72.1 Å². The third kappa shape index (κ3) is 2.47. The highest BCUT2D eigenvalue weighted by molar-refractivity contribution is 6.18. The number of nitrogens with two attached hydrogens (primary N) is 1. The van der Waals surface area contributed by atoms with E-state index in [4.69, 9.17) is 5.84 Å². The number of carboxylic acids is 1. The lowest BCUT2D eigenvalue weighted by atomic mass is 9.98. The molecule has 0 bridgehead atoms. The first kappa shape index (κ1) is 15.8. The summed E-state index contributed by atoms with van der Waals surface area (Å²) in [5.41, 5.74) is 2.26. The van der Waals surface area contributed by atoms with Gasteiger partial charge in [0, 0.05) is 10.9 Å². The lowest BCUT2D eigenvalue weighted by Crippen LogP contribution is -2.37. The van der Waals surface area contributed by atoms with Gasteiger partial charge in [-0.2, -0.15) is 0 Å². The summed E-state index contributed by atoms with van der Waals surface area (Å²) < 4.78 is 0. The highest BCUT2D eigenvalue weighted by Gasteiger charge is 2.21. The Hall–Kier alpha value is -3.71. The highest BCUT2D eigenvalue weighted by Crippen LogP contribution is 2.26. The van der Waals surface area contributed by atoms with Crippen LogP contribution in [0, 0.1) is 0 Å². The zero-order valence-corrected chi connectivity index (χ0v) is 13.5. The summed E-state index contributed by atoms with van der Waals surface area (Å²) >= 11 is 0. The van der Waals surface area contributed by atoms with Gasteiger partial charge >= 0.3 is 5.97 Å². The van der Waals surface area contributed by atoms with E-state index >= 15 is 0 Å². The van der Waals surface area contributed by atoms with Crippen LogP contribution in [0.4, 0.5) is 5.69 Å². The fourth-order valence-electron chi connectivity index (χ4n) is 3.02. The lowest BCUT2D eigenvalue weighted by molar-refractivity contribution is 0.0699. The van der Waals surface area contributed by atoms with E-state index in [-0.39, 0.29) is 11.1 Å². The van der Waals surface area contributed by atoms with Crippen LogP contribution >= 0.6 is 0 Å². The average molecular weight is 346 g/mol. The zero-order chi connectivity index (χ0) is 18.3. The first-order chi connectivity index (χ1) is 12.6.